The number of aliphatic hydroxyl groups is 1. The highest BCUT2D eigenvalue weighted by Gasteiger charge is 2.16. The fourth-order valence-electron chi connectivity index (χ4n) is 1.70. The van der Waals surface area contributed by atoms with Crippen LogP contribution in [0.5, 0.6) is 11.5 Å². The summed E-state index contributed by atoms with van der Waals surface area (Å²) >= 11 is 0. The van der Waals surface area contributed by atoms with Crippen LogP contribution in [0.15, 0.2) is 18.2 Å². The molecule has 4 nitrogen and oxygen atoms in total. The van der Waals surface area contributed by atoms with E-state index in [2.05, 4.69) is 5.32 Å². The van der Waals surface area contributed by atoms with Crippen molar-refractivity contribution in [2.45, 2.75) is 19.4 Å². The molecule has 16 heavy (non-hydrogen) atoms. The van der Waals surface area contributed by atoms with Crippen LogP contribution in [0.1, 0.15) is 25.0 Å². The number of ether oxygens (including phenoxy) is 2. The Morgan fingerprint density at radius 2 is 2.19 bits per heavy atom. The fraction of sp³-hybridized carbons (Fsp3) is 0.500. The second-order valence-corrected chi connectivity index (χ2v) is 3.77. The lowest BCUT2D eigenvalue weighted by atomic mass is 10.1. The van der Waals surface area contributed by atoms with Crippen molar-refractivity contribution in [3.63, 3.8) is 0 Å². The summed E-state index contributed by atoms with van der Waals surface area (Å²) in [6.07, 6.45) is 0.251. The Labute approximate surface area is 95.2 Å². The summed E-state index contributed by atoms with van der Waals surface area (Å²) in [7, 11) is 0. The Bertz CT molecular complexity index is 354. The standard InChI is InChI=1S/C12H17NO3/c1-2-13-6-5-10(14)9-3-4-11-12(7-9)16-8-15-11/h3-4,7,10,13-14H,2,5-6,8H2,1H3. The van der Waals surface area contributed by atoms with Gasteiger partial charge in [-0.15, -0.1) is 0 Å². The first-order chi connectivity index (χ1) is 7.81. The average molecular weight is 223 g/mol. The minimum atomic E-state index is -0.450. The molecular formula is C12H17NO3. The van der Waals surface area contributed by atoms with E-state index in [-0.39, 0.29) is 6.79 Å². The lowest BCUT2D eigenvalue weighted by Gasteiger charge is -2.11. The molecule has 2 N–H and O–H groups in total. The van der Waals surface area contributed by atoms with Crippen molar-refractivity contribution >= 4 is 0 Å². The van der Waals surface area contributed by atoms with Crippen LogP contribution in [0.4, 0.5) is 0 Å². The lowest BCUT2D eigenvalue weighted by Crippen LogP contribution is -2.16. The van der Waals surface area contributed by atoms with E-state index >= 15 is 0 Å². The first-order valence-electron chi connectivity index (χ1n) is 5.59. The highest BCUT2D eigenvalue weighted by atomic mass is 16.7. The number of nitrogens with one attached hydrogen (secondary N) is 1. The maximum atomic E-state index is 9.94. The summed E-state index contributed by atoms with van der Waals surface area (Å²) in [6, 6.07) is 5.57. The van der Waals surface area contributed by atoms with Gasteiger partial charge in [-0.25, -0.2) is 0 Å². The third kappa shape index (κ3) is 2.46. The molecule has 1 aliphatic heterocycles. The molecule has 0 spiro atoms. The molecule has 0 amide bonds. The Balaban J connectivity index is 1.98. The summed E-state index contributed by atoms with van der Waals surface area (Å²) in [5.74, 6) is 1.47. The van der Waals surface area contributed by atoms with Crippen molar-refractivity contribution in [1.29, 1.82) is 0 Å². The van der Waals surface area contributed by atoms with E-state index in [4.69, 9.17) is 9.47 Å². The molecular weight excluding hydrogens is 206 g/mol. The molecule has 1 heterocycles. The molecule has 1 atom stereocenters. The largest absolute Gasteiger partial charge is 0.454 e. The van der Waals surface area contributed by atoms with Gasteiger partial charge in [-0.1, -0.05) is 13.0 Å². The third-order valence-corrected chi connectivity index (χ3v) is 2.63. The predicted octanol–water partition coefficient (Wildman–Crippen LogP) is 1.45. The minimum Gasteiger partial charge on any atom is -0.454 e. The molecule has 0 aliphatic carbocycles. The van der Waals surface area contributed by atoms with Gasteiger partial charge in [-0.2, -0.15) is 0 Å². The van der Waals surface area contributed by atoms with Crippen LogP contribution >= 0.6 is 0 Å². The van der Waals surface area contributed by atoms with Gasteiger partial charge in [0.2, 0.25) is 6.79 Å². The van der Waals surface area contributed by atoms with Crippen LogP contribution in [0.3, 0.4) is 0 Å². The van der Waals surface area contributed by atoms with Crippen molar-refractivity contribution in [3.05, 3.63) is 23.8 Å². The molecule has 1 aromatic rings. The summed E-state index contributed by atoms with van der Waals surface area (Å²) < 4.78 is 10.5. The Hall–Kier alpha value is -1.26. The summed E-state index contributed by atoms with van der Waals surface area (Å²) in [5, 5.41) is 13.1. The Morgan fingerprint density at radius 1 is 1.38 bits per heavy atom. The summed E-state index contributed by atoms with van der Waals surface area (Å²) in [4.78, 5) is 0. The smallest absolute Gasteiger partial charge is 0.231 e. The van der Waals surface area contributed by atoms with Gasteiger partial charge in [0.1, 0.15) is 0 Å². The predicted molar refractivity (Wildman–Crippen MR) is 60.7 cm³/mol. The van der Waals surface area contributed by atoms with Gasteiger partial charge in [0, 0.05) is 0 Å². The van der Waals surface area contributed by atoms with E-state index < -0.39 is 6.10 Å². The van der Waals surface area contributed by atoms with E-state index in [0.29, 0.717) is 6.42 Å². The number of rotatable bonds is 5. The average Bonchev–Trinajstić information content (AvgIpc) is 2.76. The monoisotopic (exact) mass is 223 g/mol. The first kappa shape index (κ1) is 11.2. The van der Waals surface area contributed by atoms with E-state index in [0.717, 1.165) is 30.2 Å². The van der Waals surface area contributed by atoms with E-state index in [9.17, 15) is 5.11 Å². The highest BCUT2D eigenvalue weighted by Crippen LogP contribution is 2.34. The topological polar surface area (TPSA) is 50.7 Å². The Morgan fingerprint density at radius 3 is 3.00 bits per heavy atom. The Kier molecular flexibility index (Phi) is 3.64. The lowest BCUT2D eigenvalue weighted by molar-refractivity contribution is 0.165. The van der Waals surface area contributed by atoms with Gasteiger partial charge in [0.25, 0.3) is 0 Å². The zero-order chi connectivity index (χ0) is 11.4. The van der Waals surface area contributed by atoms with Crippen LogP contribution in [0.2, 0.25) is 0 Å². The number of fused-ring (bicyclic) bond motifs is 1. The van der Waals surface area contributed by atoms with Crippen molar-refractivity contribution in [2.75, 3.05) is 19.9 Å². The quantitative estimate of drug-likeness (QED) is 0.742. The number of hydrogen-bond donors (Lipinski definition) is 2. The first-order valence-corrected chi connectivity index (χ1v) is 5.59. The second-order valence-electron chi connectivity index (χ2n) is 3.77. The van der Waals surface area contributed by atoms with Crippen molar-refractivity contribution in [2.24, 2.45) is 0 Å². The van der Waals surface area contributed by atoms with E-state index in [1.54, 1.807) is 0 Å². The molecule has 0 aromatic heterocycles. The van der Waals surface area contributed by atoms with Gasteiger partial charge in [0.15, 0.2) is 11.5 Å². The van der Waals surface area contributed by atoms with E-state index in [1.165, 1.54) is 0 Å². The van der Waals surface area contributed by atoms with Gasteiger partial charge in [-0.3, -0.25) is 0 Å². The molecule has 0 radical (unpaired) electrons. The zero-order valence-corrected chi connectivity index (χ0v) is 9.40. The van der Waals surface area contributed by atoms with Crippen LogP contribution < -0.4 is 14.8 Å². The normalized spacial score (nSPS) is 15.1. The number of hydrogen-bond acceptors (Lipinski definition) is 4. The highest BCUT2D eigenvalue weighted by molar-refractivity contribution is 5.45. The number of aliphatic hydroxyl groups excluding tert-OH is 1. The zero-order valence-electron chi connectivity index (χ0n) is 9.40. The van der Waals surface area contributed by atoms with Gasteiger partial charge in [0.05, 0.1) is 6.10 Å². The van der Waals surface area contributed by atoms with Crippen molar-refractivity contribution in [3.8, 4) is 11.5 Å². The molecule has 88 valence electrons. The van der Waals surface area contributed by atoms with Crippen molar-refractivity contribution in [1.82, 2.24) is 5.32 Å². The molecule has 1 aliphatic rings. The van der Waals surface area contributed by atoms with Gasteiger partial charge >= 0.3 is 0 Å². The fourth-order valence-corrected chi connectivity index (χ4v) is 1.70. The van der Waals surface area contributed by atoms with Crippen LogP contribution in [-0.2, 0) is 0 Å². The van der Waals surface area contributed by atoms with Crippen LogP contribution in [0.25, 0.3) is 0 Å². The molecule has 1 aromatic carbocycles. The van der Waals surface area contributed by atoms with Gasteiger partial charge in [-0.05, 0) is 37.2 Å². The summed E-state index contributed by atoms with van der Waals surface area (Å²) in [6.45, 7) is 4.05. The maximum Gasteiger partial charge on any atom is 0.231 e. The van der Waals surface area contributed by atoms with Crippen LogP contribution in [0, 0.1) is 0 Å². The van der Waals surface area contributed by atoms with Crippen LogP contribution in [-0.4, -0.2) is 25.0 Å². The van der Waals surface area contributed by atoms with Crippen molar-refractivity contribution < 1.29 is 14.6 Å². The third-order valence-electron chi connectivity index (χ3n) is 2.63. The molecule has 1 unspecified atom stereocenters. The number of benzene rings is 1. The molecule has 0 saturated heterocycles. The molecule has 0 saturated carbocycles. The molecule has 0 bridgehead atoms. The second kappa shape index (κ2) is 5.18. The summed E-state index contributed by atoms with van der Waals surface area (Å²) in [5.41, 5.74) is 0.877. The molecule has 0 fully saturated rings. The SMILES string of the molecule is CCNCCC(O)c1ccc2c(c1)OCO2. The van der Waals surface area contributed by atoms with E-state index in [1.807, 2.05) is 25.1 Å². The molecule has 4 heteroatoms. The minimum absolute atomic E-state index is 0.270. The maximum absolute atomic E-state index is 9.94. The molecule has 2 rings (SSSR count). The van der Waals surface area contributed by atoms with Gasteiger partial charge < -0.3 is 19.9 Å².